The minimum absolute atomic E-state index is 0.286. The van der Waals surface area contributed by atoms with Crippen molar-refractivity contribution in [2.75, 3.05) is 38.5 Å². The first-order valence-corrected chi connectivity index (χ1v) is 13.6. The average molecular weight is 630 g/mol. The molecule has 7 nitrogen and oxygen atoms in total. The third kappa shape index (κ3) is 9.00. The second-order valence-electron chi connectivity index (χ2n) is 8.86. The molecule has 0 aliphatic rings. The number of hydrogen-bond acceptors (Lipinski definition) is 5. The zero-order chi connectivity index (χ0) is 27.5. The molecule has 0 saturated heterocycles. The highest BCUT2D eigenvalue weighted by atomic mass is 127. The van der Waals surface area contributed by atoms with Crippen molar-refractivity contribution in [3.05, 3.63) is 98.4 Å². The fourth-order valence-corrected chi connectivity index (χ4v) is 4.33. The van der Waals surface area contributed by atoms with Crippen LogP contribution < -0.4 is 10.7 Å². The van der Waals surface area contributed by atoms with Crippen molar-refractivity contribution in [3.8, 4) is 0 Å². The molecule has 3 rings (SSSR count). The molecular formula is C29H33FIN5O2. The lowest BCUT2D eigenvalue weighted by Gasteiger charge is -2.23. The maximum atomic E-state index is 13.1. The molecule has 0 heterocycles. The van der Waals surface area contributed by atoms with Crippen LogP contribution in [0.3, 0.4) is 0 Å². The van der Waals surface area contributed by atoms with E-state index in [1.165, 1.54) is 18.3 Å². The molecule has 3 aromatic carbocycles. The van der Waals surface area contributed by atoms with Gasteiger partial charge < -0.3 is 15.1 Å². The molecule has 0 bridgehead atoms. The largest absolute Gasteiger partial charge is 0.321 e. The zero-order valence-corrected chi connectivity index (χ0v) is 24.0. The maximum Gasteiger partial charge on any atom is 0.273 e. The highest BCUT2D eigenvalue weighted by Crippen LogP contribution is 2.20. The number of nitrogens with zero attached hydrogens (tertiary/aromatic N) is 3. The van der Waals surface area contributed by atoms with Crippen LogP contribution in [0.25, 0.3) is 0 Å². The Labute approximate surface area is 237 Å². The van der Waals surface area contributed by atoms with Crippen molar-refractivity contribution in [1.82, 2.24) is 15.2 Å². The molecule has 3 aromatic rings. The van der Waals surface area contributed by atoms with Gasteiger partial charge in [0.05, 0.1) is 17.5 Å². The smallest absolute Gasteiger partial charge is 0.273 e. The molecule has 0 aromatic heterocycles. The summed E-state index contributed by atoms with van der Waals surface area (Å²) in [6.07, 6.45) is 1.42. The number of hydrogen-bond donors (Lipinski definition) is 2. The van der Waals surface area contributed by atoms with Crippen LogP contribution in [0.4, 0.5) is 10.1 Å². The molecule has 0 aliphatic carbocycles. The summed E-state index contributed by atoms with van der Waals surface area (Å²) in [6, 6.07) is 18.4. The summed E-state index contributed by atoms with van der Waals surface area (Å²) < 4.78 is 13.9. The molecule has 200 valence electrons. The lowest BCUT2D eigenvalue weighted by Crippen LogP contribution is -2.32. The van der Waals surface area contributed by atoms with Crippen molar-refractivity contribution in [2.45, 2.75) is 20.4 Å². The van der Waals surface area contributed by atoms with Gasteiger partial charge in [-0.05, 0) is 96.3 Å². The third-order valence-electron chi connectivity index (χ3n) is 6.06. The first-order chi connectivity index (χ1) is 18.3. The van der Waals surface area contributed by atoms with E-state index in [2.05, 4.69) is 69.1 Å². The molecule has 0 atom stereocenters. The van der Waals surface area contributed by atoms with Gasteiger partial charge >= 0.3 is 0 Å². The van der Waals surface area contributed by atoms with E-state index in [1.807, 2.05) is 24.3 Å². The summed E-state index contributed by atoms with van der Waals surface area (Å²) in [4.78, 5) is 30.6. The Morgan fingerprint density at radius 1 is 0.974 bits per heavy atom. The van der Waals surface area contributed by atoms with Crippen LogP contribution in [0.5, 0.6) is 0 Å². The number of halogens is 2. The van der Waals surface area contributed by atoms with E-state index in [0.717, 1.165) is 41.9 Å². The molecule has 9 heteroatoms. The second-order valence-corrected chi connectivity index (χ2v) is 10.1. The van der Waals surface area contributed by atoms with Crippen LogP contribution in [0, 0.1) is 9.39 Å². The first-order valence-electron chi connectivity index (χ1n) is 12.5. The topological polar surface area (TPSA) is 77.0 Å². The van der Waals surface area contributed by atoms with Crippen LogP contribution >= 0.6 is 22.6 Å². The predicted molar refractivity (Wildman–Crippen MR) is 159 cm³/mol. The molecular weight excluding hydrogens is 596 g/mol. The van der Waals surface area contributed by atoms with Crippen molar-refractivity contribution in [1.29, 1.82) is 0 Å². The van der Waals surface area contributed by atoms with E-state index in [1.54, 1.807) is 30.3 Å². The van der Waals surface area contributed by atoms with Crippen molar-refractivity contribution < 1.29 is 14.0 Å². The maximum absolute atomic E-state index is 13.1. The van der Waals surface area contributed by atoms with Gasteiger partial charge in [0.1, 0.15) is 5.82 Å². The van der Waals surface area contributed by atoms with Crippen LogP contribution in [0.2, 0.25) is 0 Å². The molecule has 0 saturated carbocycles. The number of nitrogens with one attached hydrogen (secondary N) is 2. The summed E-state index contributed by atoms with van der Waals surface area (Å²) in [6.45, 7) is 9.03. The Kier molecular flexibility index (Phi) is 11.4. The minimum atomic E-state index is -0.472. The zero-order valence-electron chi connectivity index (χ0n) is 21.9. The van der Waals surface area contributed by atoms with Gasteiger partial charge in [0.2, 0.25) is 0 Å². The standard InChI is InChI=1S/C29H33FIN5O2/c1-4-36(5-2)16-15-35(3)20-22-7-6-8-23(17-22)28(37)33-27-14-13-25(31)18-26(27)29(38)34-32-19-21-9-11-24(30)12-10-21/h6-14,17-19H,4-5,15-16,20H2,1-3H3,(H,33,37)(H,34,38)/b32-19+. The fourth-order valence-electron chi connectivity index (χ4n) is 3.84. The Morgan fingerprint density at radius 2 is 1.71 bits per heavy atom. The van der Waals surface area contributed by atoms with Gasteiger partial charge in [-0.3, -0.25) is 9.59 Å². The number of carbonyl (C=O) groups excluding carboxylic acids is 2. The Balaban J connectivity index is 1.66. The molecule has 0 spiro atoms. The predicted octanol–water partition coefficient (Wildman–Crippen LogP) is 5.22. The van der Waals surface area contributed by atoms with E-state index in [0.29, 0.717) is 16.8 Å². The summed E-state index contributed by atoms with van der Waals surface area (Å²) in [5.41, 5.74) is 5.33. The molecule has 38 heavy (non-hydrogen) atoms. The number of amides is 2. The summed E-state index contributed by atoms with van der Waals surface area (Å²) in [7, 11) is 2.07. The number of rotatable bonds is 12. The Hall–Kier alpha value is -3.15. The monoisotopic (exact) mass is 629 g/mol. The molecule has 0 unspecified atom stereocenters. The quantitative estimate of drug-likeness (QED) is 0.164. The van der Waals surface area contributed by atoms with E-state index >= 15 is 0 Å². The normalized spacial score (nSPS) is 11.3. The van der Waals surface area contributed by atoms with Crippen molar-refractivity contribution in [2.24, 2.45) is 5.10 Å². The SMILES string of the molecule is CCN(CC)CCN(C)Cc1cccc(C(=O)Nc2ccc(I)cc2C(=O)N/N=C/c2ccc(F)cc2)c1. The van der Waals surface area contributed by atoms with Crippen LogP contribution in [0.15, 0.2) is 71.8 Å². The Bertz CT molecular complexity index is 1260. The van der Waals surface area contributed by atoms with E-state index in [4.69, 9.17) is 0 Å². The lowest BCUT2D eigenvalue weighted by atomic mass is 10.1. The molecule has 0 fully saturated rings. The van der Waals surface area contributed by atoms with Gasteiger partial charge in [0.15, 0.2) is 0 Å². The summed E-state index contributed by atoms with van der Waals surface area (Å²) in [5.74, 6) is -1.12. The van der Waals surface area contributed by atoms with Gasteiger partial charge in [-0.15, -0.1) is 0 Å². The van der Waals surface area contributed by atoms with Crippen molar-refractivity contribution >= 4 is 46.3 Å². The van der Waals surface area contributed by atoms with Gasteiger partial charge in [0.25, 0.3) is 11.8 Å². The van der Waals surface area contributed by atoms with Gasteiger partial charge in [-0.25, -0.2) is 9.82 Å². The van der Waals surface area contributed by atoms with Gasteiger partial charge in [-0.2, -0.15) is 5.10 Å². The number of benzene rings is 3. The molecule has 2 amide bonds. The fraction of sp³-hybridized carbons (Fsp3) is 0.276. The van der Waals surface area contributed by atoms with E-state index in [9.17, 15) is 14.0 Å². The number of likely N-dealkylation sites (N-methyl/N-ethyl adjacent to an activating group) is 2. The number of carbonyl (C=O) groups is 2. The van der Waals surface area contributed by atoms with Gasteiger partial charge in [-0.1, -0.05) is 38.1 Å². The van der Waals surface area contributed by atoms with E-state index in [-0.39, 0.29) is 17.3 Å². The molecule has 2 N–H and O–H groups in total. The second kappa shape index (κ2) is 14.7. The van der Waals surface area contributed by atoms with Crippen molar-refractivity contribution in [3.63, 3.8) is 0 Å². The van der Waals surface area contributed by atoms with Crippen LogP contribution in [-0.2, 0) is 6.54 Å². The molecule has 0 radical (unpaired) electrons. The van der Waals surface area contributed by atoms with Crippen LogP contribution in [0.1, 0.15) is 45.7 Å². The third-order valence-corrected chi connectivity index (χ3v) is 6.73. The first kappa shape index (κ1) is 29.4. The minimum Gasteiger partial charge on any atom is -0.321 e. The number of hydrazone groups is 1. The van der Waals surface area contributed by atoms with Gasteiger partial charge in [0, 0.05) is 28.8 Å². The van der Waals surface area contributed by atoms with E-state index < -0.39 is 5.91 Å². The molecule has 0 aliphatic heterocycles. The average Bonchev–Trinajstić information content (AvgIpc) is 2.91. The summed E-state index contributed by atoms with van der Waals surface area (Å²) in [5, 5.41) is 6.83. The lowest BCUT2D eigenvalue weighted by molar-refractivity contribution is 0.0956. The highest BCUT2D eigenvalue weighted by Gasteiger charge is 2.15. The number of anilines is 1. The highest BCUT2D eigenvalue weighted by molar-refractivity contribution is 14.1. The summed E-state index contributed by atoms with van der Waals surface area (Å²) >= 11 is 2.11. The Morgan fingerprint density at radius 3 is 2.42 bits per heavy atom. The van der Waals surface area contributed by atoms with Crippen LogP contribution in [-0.4, -0.2) is 61.1 Å².